The van der Waals surface area contributed by atoms with Gasteiger partial charge in [-0.1, -0.05) is 13.0 Å². The summed E-state index contributed by atoms with van der Waals surface area (Å²) in [5.41, 5.74) is 5.49. The number of benzene rings is 1. The van der Waals surface area contributed by atoms with Crippen LogP contribution in [0.5, 0.6) is 5.75 Å². The summed E-state index contributed by atoms with van der Waals surface area (Å²) in [6.45, 7) is 1.69. The van der Waals surface area contributed by atoms with Gasteiger partial charge >= 0.3 is 5.97 Å². The topological polar surface area (TPSA) is 107 Å². The molecule has 0 aromatic heterocycles. The third kappa shape index (κ3) is 4.44. The van der Waals surface area contributed by atoms with Gasteiger partial charge in [0.1, 0.15) is 17.9 Å². The van der Waals surface area contributed by atoms with Crippen LogP contribution in [0, 0.1) is 0 Å². The van der Waals surface area contributed by atoms with Gasteiger partial charge in [-0.05, 0) is 18.6 Å². The van der Waals surface area contributed by atoms with E-state index >= 15 is 0 Å². The van der Waals surface area contributed by atoms with Gasteiger partial charge in [-0.2, -0.15) is 0 Å². The maximum Gasteiger partial charge on any atom is 0.341 e. The number of carboxylic acids is 1. The lowest BCUT2D eigenvalue weighted by Gasteiger charge is -2.10. The fourth-order valence-electron chi connectivity index (χ4n) is 1.59. The van der Waals surface area contributed by atoms with Crippen molar-refractivity contribution in [2.24, 2.45) is 0 Å². The van der Waals surface area contributed by atoms with Crippen LogP contribution in [-0.2, 0) is 9.84 Å². The smallest absolute Gasteiger partial charge is 0.341 e. The molecular weight excluding hydrogens is 270 g/mol. The molecule has 0 amide bonds. The van der Waals surface area contributed by atoms with Gasteiger partial charge in [-0.15, -0.1) is 0 Å². The lowest BCUT2D eigenvalue weighted by molar-refractivity contribution is 0.0694. The van der Waals surface area contributed by atoms with Gasteiger partial charge in [-0.25, -0.2) is 13.2 Å². The van der Waals surface area contributed by atoms with Crippen LogP contribution < -0.4 is 10.5 Å². The predicted octanol–water partition coefficient (Wildman–Crippen LogP) is 1.17. The minimum atomic E-state index is -3.15. The maximum absolute atomic E-state index is 11.5. The second-order valence-electron chi connectivity index (χ2n) is 4.03. The Labute approximate surface area is 112 Å². The Morgan fingerprint density at radius 2 is 2.05 bits per heavy atom. The summed E-state index contributed by atoms with van der Waals surface area (Å²) in [6, 6.07) is 4.45. The first-order valence-electron chi connectivity index (χ1n) is 5.82. The number of sulfone groups is 1. The molecule has 0 fully saturated rings. The monoisotopic (exact) mass is 287 g/mol. The average molecular weight is 287 g/mol. The molecule has 0 aliphatic carbocycles. The Kier molecular flexibility index (Phi) is 5.17. The largest absolute Gasteiger partial charge is 0.492 e. The quantitative estimate of drug-likeness (QED) is 0.729. The minimum absolute atomic E-state index is 0.0826. The van der Waals surface area contributed by atoms with E-state index in [0.29, 0.717) is 6.42 Å². The number of nitrogens with two attached hydrogens (primary N) is 1. The second-order valence-corrected chi connectivity index (χ2v) is 6.33. The van der Waals surface area contributed by atoms with Gasteiger partial charge in [0.2, 0.25) is 0 Å². The number of anilines is 1. The van der Waals surface area contributed by atoms with Gasteiger partial charge in [0.15, 0.2) is 9.84 Å². The van der Waals surface area contributed by atoms with Gasteiger partial charge in [0.25, 0.3) is 0 Å². The van der Waals surface area contributed by atoms with Crippen molar-refractivity contribution >= 4 is 21.5 Å². The minimum Gasteiger partial charge on any atom is -0.492 e. The fraction of sp³-hybridized carbons (Fsp3) is 0.417. The van der Waals surface area contributed by atoms with Crippen molar-refractivity contribution in [1.82, 2.24) is 0 Å². The fourth-order valence-corrected chi connectivity index (χ4v) is 2.75. The van der Waals surface area contributed by atoms with E-state index in [4.69, 9.17) is 15.6 Å². The van der Waals surface area contributed by atoms with E-state index in [-0.39, 0.29) is 35.1 Å². The van der Waals surface area contributed by atoms with Crippen LogP contribution >= 0.6 is 0 Å². The molecule has 0 saturated carbocycles. The Hall–Kier alpha value is -1.76. The van der Waals surface area contributed by atoms with E-state index in [1.165, 1.54) is 12.1 Å². The van der Waals surface area contributed by atoms with Gasteiger partial charge in [-0.3, -0.25) is 0 Å². The summed E-state index contributed by atoms with van der Waals surface area (Å²) in [7, 11) is -3.15. The predicted molar refractivity (Wildman–Crippen MR) is 72.3 cm³/mol. The van der Waals surface area contributed by atoms with Crippen LogP contribution in [0.15, 0.2) is 18.2 Å². The molecule has 0 spiro atoms. The molecule has 1 aromatic rings. The van der Waals surface area contributed by atoms with Crippen molar-refractivity contribution in [3.63, 3.8) is 0 Å². The summed E-state index contributed by atoms with van der Waals surface area (Å²) >= 11 is 0. The molecule has 0 atom stereocenters. The van der Waals surface area contributed by atoms with Crippen molar-refractivity contribution in [3.8, 4) is 5.75 Å². The Bertz CT molecular complexity index is 553. The zero-order chi connectivity index (χ0) is 14.5. The van der Waals surface area contributed by atoms with Gasteiger partial charge in [0, 0.05) is 5.69 Å². The average Bonchev–Trinajstić information content (AvgIpc) is 2.28. The molecule has 0 aliphatic heterocycles. The molecule has 7 heteroatoms. The molecule has 0 radical (unpaired) electrons. The summed E-state index contributed by atoms with van der Waals surface area (Å²) in [5, 5.41) is 9.01. The van der Waals surface area contributed by atoms with E-state index < -0.39 is 15.8 Å². The van der Waals surface area contributed by atoms with E-state index in [0.717, 1.165) is 0 Å². The van der Waals surface area contributed by atoms with Gasteiger partial charge < -0.3 is 15.6 Å². The molecule has 0 aliphatic rings. The highest BCUT2D eigenvalue weighted by Crippen LogP contribution is 2.24. The first-order valence-corrected chi connectivity index (χ1v) is 7.64. The van der Waals surface area contributed by atoms with Crippen molar-refractivity contribution in [2.75, 3.05) is 23.8 Å². The van der Waals surface area contributed by atoms with Crippen molar-refractivity contribution in [3.05, 3.63) is 23.8 Å². The van der Waals surface area contributed by atoms with Gasteiger partial charge in [0.05, 0.1) is 11.5 Å². The summed E-state index contributed by atoms with van der Waals surface area (Å²) < 4.78 is 28.2. The Morgan fingerprint density at radius 1 is 1.37 bits per heavy atom. The Morgan fingerprint density at radius 3 is 2.63 bits per heavy atom. The highest BCUT2D eigenvalue weighted by molar-refractivity contribution is 7.91. The SMILES string of the molecule is CCCS(=O)(=O)CCOc1cccc(N)c1C(=O)O. The number of ether oxygens (including phenoxy) is 1. The zero-order valence-corrected chi connectivity index (χ0v) is 11.4. The number of nitrogen functional groups attached to an aromatic ring is 1. The molecular formula is C12H17NO5S. The summed E-state index contributed by atoms with van der Waals surface area (Å²) in [5.74, 6) is -1.17. The molecule has 3 N–H and O–H groups in total. The molecule has 6 nitrogen and oxygen atoms in total. The van der Waals surface area contributed by atoms with E-state index in [9.17, 15) is 13.2 Å². The third-order valence-corrected chi connectivity index (χ3v) is 4.26. The molecule has 0 heterocycles. The summed E-state index contributed by atoms with van der Waals surface area (Å²) in [4.78, 5) is 11.0. The lowest BCUT2D eigenvalue weighted by Crippen LogP contribution is -2.17. The molecule has 19 heavy (non-hydrogen) atoms. The number of carbonyl (C=O) groups is 1. The third-order valence-electron chi connectivity index (χ3n) is 2.44. The first-order chi connectivity index (χ1) is 8.87. The number of hydrogen-bond acceptors (Lipinski definition) is 5. The summed E-state index contributed by atoms with van der Waals surface area (Å²) in [6.07, 6.45) is 0.543. The molecule has 1 aromatic carbocycles. The molecule has 0 bridgehead atoms. The lowest BCUT2D eigenvalue weighted by atomic mass is 10.1. The van der Waals surface area contributed by atoms with Crippen LogP contribution in [0.25, 0.3) is 0 Å². The standard InChI is InChI=1S/C12H17NO5S/c1-2-7-19(16,17)8-6-18-10-5-3-4-9(13)11(10)12(14)15/h3-5H,2,6-8,13H2,1H3,(H,14,15). The number of aromatic carboxylic acids is 1. The first kappa shape index (κ1) is 15.3. The number of rotatable bonds is 7. The zero-order valence-electron chi connectivity index (χ0n) is 10.6. The highest BCUT2D eigenvalue weighted by atomic mass is 32.2. The molecule has 0 saturated heterocycles. The van der Waals surface area contributed by atoms with Crippen molar-refractivity contribution in [1.29, 1.82) is 0 Å². The van der Waals surface area contributed by atoms with E-state index in [1.54, 1.807) is 13.0 Å². The van der Waals surface area contributed by atoms with Crippen LogP contribution in [0.2, 0.25) is 0 Å². The maximum atomic E-state index is 11.5. The van der Waals surface area contributed by atoms with Crippen LogP contribution in [0.3, 0.4) is 0 Å². The molecule has 106 valence electrons. The Balaban J connectivity index is 2.74. The van der Waals surface area contributed by atoms with E-state index in [1.807, 2.05) is 0 Å². The van der Waals surface area contributed by atoms with Crippen LogP contribution in [-0.4, -0.2) is 37.6 Å². The molecule has 1 rings (SSSR count). The van der Waals surface area contributed by atoms with Crippen LogP contribution in [0.4, 0.5) is 5.69 Å². The van der Waals surface area contributed by atoms with Crippen LogP contribution in [0.1, 0.15) is 23.7 Å². The molecule has 0 unspecified atom stereocenters. The normalized spacial score (nSPS) is 11.2. The second kappa shape index (κ2) is 6.42. The van der Waals surface area contributed by atoms with Crippen molar-refractivity contribution in [2.45, 2.75) is 13.3 Å². The highest BCUT2D eigenvalue weighted by Gasteiger charge is 2.16. The number of carboxylic acid groups (broad SMARTS) is 1. The van der Waals surface area contributed by atoms with E-state index in [2.05, 4.69) is 0 Å². The number of hydrogen-bond donors (Lipinski definition) is 2. The van der Waals surface area contributed by atoms with Crippen molar-refractivity contribution < 1.29 is 23.1 Å².